The number of carbonyl (C=O) groups is 1. The second-order valence-corrected chi connectivity index (χ2v) is 7.17. The summed E-state index contributed by atoms with van der Waals surface area (Å²) in [7, 11) is 0. The number of carbonyl (C=O) groups excluding carboxylic acids is 1. The van der Waals surface area contributed by atoms with E-state index in [9.17, 15) is 4.79 Å². The molecule has 1 saturated heterocycles. The molecule has 2 aromatic carbocycles. The first-order valence-corrected chi connectivity index (χ1v) is 9.01. The molecule has 0 N–H and O–H groups in total. The normalized spacial score (nSPS) is 14.4. The van der Waals surface area contributed by atoms with Crippen molar-refractivity contribution in [2.45, 2.75) is 12.8 Å². The summed E-state index contributed by atoms with van der Waals surface area (Å²) < 4.78 is 5.77. The Morgan fingerprint density at radius 1 is 1.08 bits per heavy atom. The molecule has 0 radical (unpaired) electrons. The number of oxazole rings is 1. The Labute approximate surface area is 159 Å². The number of hydrogen-bond donors (Lipinski definition) is 0. The fraction of sp³-hybridized carbons (Fsp3) is 0.222. The molecule has 25 heavy (non-hydrogen) atoms. The molecule has 0 unspecified atom stereocenters. The first-order chi connectivity index (χ1) is 12.0. The molecule has 128 valence electrons. The van der Waals surface area contributed by atoms with Crippen LogP contribution in [0.3, 0.4) is 0 Å². The SMILES string of the molecule is O=C(c1ccc2oc(-c3cc(Cl)cc(Cl)c3Cl)nc2c1)N1CCCC1. The minimum atomic E-state index is 0.0211. The van der Waals surface area contributed by atoms with E-state index >= 15 is 0 Å². The quantitative estimate of drug-likeness (QED) is 0.524. The molecular weight excluding hydrogens is 383 g/mol. The van der Waals surface area contributed by atoms with E-state index in [0.29, 0.717) is 43.2 Å². The molecular formula is C18H13Cl3N2O2. The van der Waals surface area contributed by atoms with E-state index in [1.807, 2.05) is 4.90 Å². The van der Waals surface area contributed by atoms with Gasteiger partial charge in [-0.05, 0) is 43.2 Å². The highest BCUT2D eigenvalue weighted by Gasteiger charge is 2.21. The van der Waals surface area contributed by atoms with Gasteiger partial charge in [0, 0.05) is 23.7 Å². The second-order valence-electron chi connectivity index (χ2n) is 5.95. The van der Waals surface area contributed by atoms with Crippen LogP contribution in [-0.2, 0) is 0 Å². The molecule has 2 heterocycles. The summed E-state index contributed by atoms with van der Waals surface area (Å²) in [6.45, 7) is 1.61. The lowest BCUT2D eigenvalue weighted by Gasteiger charge is -2.14. The summed E-state index contributed by atoms with van der Waals surface area (Å²) in [5.74, 6) is 0.336. The number of aromatic nitrogens is 1. The van der Waals surface area contributed by atoms with Gasteiger partial charge in [-0.1, -0.05) is 34.8 Å². The maximum Gasteiger partial charge on any atom is 0.253 e. The highest BCUT2D eigenvalue weighted by Crippen LogP contribution is 2.37. The Kier molecular flexibility index (Phi) is 4.36. The molecule has 0 bridgehead atoms. The van der Waals surface area contributed by atoms with E-state index in [0.717, 1.165) is 25.9 Å². The van der Waals surface area contributed by atoms with E-state index in [-0.39, 0.29) is 5.91 Å². The van der Waals surface area contributed by atoms with E-state index in [1.54, 1.807) is 30.3 Å². The van der Waals surface area contributed by atoms with Crippen LogP contribution < -0.4 is 0 Å². The maximum absolute atomic E-state index is 12.5. The number of hydrogen-bond acceptors (Lipinski definition) is 3. The van der Waals surface area contributed by atoms with Crippen molar-refractivity contribution in [2.24, 2.45) is 0 Å². The second kappa shape index (κ2) is 6.52. The lowest BCUT2D eigenvalue weighted by Crippen LogP contribution is -2.27. The molecule has 0 aliphatic carbocycles. The topological polar surface area (TPSA) is 46.3 Å². The summed E-state index contributed by atoms with van der Waals surface area (Å²) in [5.41, 5.74) is 2.28. The zero-order valence-corrected chi connectivity index (χ0v) is 15.3. The Morgan fingerprint density at radius 3 is 2.60 bits per heavy atom. The Morgan fingerprint density at radius 2 is 1.84 bits per heavy atom. The Bertz CT molecular complexity index is 978. The van der Waals surface area contributed by atoms with Crippen LogP contribution in [0.5, 0.6) is 0 Å². The molecule has 0 spiro atoms. The van der Waals surface area contributed by atoms with Gasteiger partial charge in [0.25, 0.3) is 5.91 Å². The van der Waals surface area contributed by atoms with Crippen LogP contribution in [0.4, 0.5) is 0 Å². The van der Waals surface area contributed by atoms with Crippen LogP contribution in [0, 0.1) is 0 Å². The number of fused-ring (bicyclic) bond motifs is 1. The van der Waals surface area contributed by atoms with Crippen molar-refractivity contribution in [3.05, 3.63) is 51.0 Å². The minimum absolute atomic E-state index is 0.0211. The van der Waals surface area contributed by atoms with Gasteiger partial charge in [0.1, 0.15) is 5.52 Å². The van der Waals surface area contributed by atoms with Crippen LogP contribution in [0.1, 0.15) is 23.2 Å². The van der Waals surface area contributed by atoms with Crippen molar-refractivity contribution in [1.29, 1.82) is 0 Å². The highest BCUT2D eigenvalue weighted by molar-refractivity contribution is 6.44. The molecule has 1 aromatic heterocycles. The lowest BCUT2D eigenvalue weighted by atomic mass is 10.2. The number of benzene rings is 2. The van der Waals surface area contributed by atoms with Crippen LogP contribution in [0.25, 0.3) is 22.6 Å². The van der Waals surface area contributed by atoms with Crippen LogP contribution in [0.2, 0.25) is 15.1 Å². The number of likely N-dealkylation sites (tertiary alicyclic amines) is 1. The predicted molar refractivity (Wildman–Crippen MR) is 99.6 cm³/mol. The summed E-state index contributed by atoms with van der Waals surface area (Å²) >= 11 is 18.4. The van der Waals surface area contributed by atoms with Crippen molar-refractivity contribution < 1.29 is 9.21 Å². The van der Waals surface area contributed by atoms with Gasteiger partial charge < -0.3 is 9.32 Å². The zero-order chi connectivity index (χ0) is 17.6. The monoisotopic (exact) mass is 394 g/mol. The molecule has 0 saturated carbocycles. The minimum Gasteiger partial charge on any atom is -0.436 e. The summed E-state index contributed by atoms with van der Waals surface area (Å²) in [4.78, 5) is 18.8. The lowest BCUT2D eigenvalue weighted by molar-refractivity contribution is 0.0793. The number of amides is 1. The molecule has 1 fully saturated rings. The molecule has 1 aliphatic heterocycles. The molecule has 4 rings (SSSR count). The average molecular weight is 396 g/mol. The van der Waals surface area contributed by atoms with Crippen molar-refractivity contribution in [1.82, 2.24) is 9.88 Å². The van der Waals surface area contributed by atoms with E-state index < -0.39 is 0 Å². The first kappa shape index (κ1) is 16.7. The van der Waals surface area contributed by atoms with Crippen LogP contribution in [0.15, 0.2) is 34.7 Å². The van der Waals surface area contributed by atoms with Crippen molar-refractivity contribution in [3.8, 4) is 11.5 Å². The average Bonchev–Trinajstić information content (AvgIpc) is 3.25. The van der Waals surface area contributed by atoms with Gasteiger partial charge in [0.15, 0.2) is 5.58 Å². The largest absolute Gasteiger partial charge is 0.436 e. The third kappa shape index (κ3) is 3.10. The molecule has 1 aliphatic rings. The van der Waals surface area contributed by atoms with Gasteiger partial charge >= 0.3 is 0 Å². The molecule has 1 amide bonds. The molecule has 3 aromatic rings. The third-order valence-electron chi connectivity index (χ3n) is 4.25. The summed E-state index contributed by atoms with van der Waals surface area (Å²) in [5, 5.41) is 1.10. The van der Waals surface area contributed by atoms with Gasteiger partial charge in [-0.3, -0.25) is 4.79 Å². The van der Waals surface area contributed by atoms with Crippen LogP contribution >= 0.6 is 34.8 Å². The molecule has 0 atom stereocenters. The van der Waals surface area contributed by atoms with E-state index in [2.05, 4.69) is 4.98 Å². The smallest absolute Gasteiger partial charge is 0.253 e. The summed E-state index contributed by atoms with van der Waals surface area (Å²) in [6.07, 6.45) is 2.10. The van der Waals surface area contributed by atoms with E-state index in [4.69, 9.17) is 39.2 Å². The van der Waals surface area contributed by atoms with Crippen molar-refractivity contribution >= 4 is 51.8 Å². The summed E-state index contributed by atoms with van der Waals surface area (Å²) in [6, 6.07) is 8.45. The molecule has 4 nitrogen and oxygen atoms in total. The fourth-order valence-corrected chi connectivity index (χ4v) is 3.67. The van der Waals surface area contributed by atoms with Gasteiger partial charge in [-0.15, -0.1) is 0 Å². The Hall–Kier alpha value is -1.75. The van der Waals surface area contributed by atoms with Crippen LogP contribution in [-0.4, -0.2) is 28.9 Å². The fourth-order valence-electron chi connectivity index (χ4n) is 2.99. The van der Waals surface area contributed by atoms with Gasteiger partial charge in [-0.2, -0.15) is 0 Å². The van der Waals surface area contributed by atoms with Gasteiger partial charge in [0.05, 0.1) is 15.6 Å². The maximum atomic E-state index is 12.5. The first-order valence-electron chi connectivity index (χ1n) is 7.88. The number of halogens is 3. The standard InChI is InChI=1S/C18H13Cl3N2O2/c19-11-8-12(16(21)13(20)9-11)17-22-14-7-10(3-4-15(14)25-17)18(24)23-5-1-2-6-23/h3-4,7-9H,1-2,5-6H2. The van der Waals surface area contributed by atoms with Crippen molar-refractivity contribution in [3.63, 3.8) is 0 Å². The number of nitrogens with zero attached hydrogens (tertiary/aromatic N) is 2. The van der Waals surface area contributed by atoms with Gasteiger partial charge in [-0.25, -0.2) is 4.98 Å². The van der Waals surface area contributed by atoms with E-state index in [1.165, 1.54) is 0 Å². The number of rotatable bonds is 2. The van der Waals surface area contributed by atoms with Gasteiger partial charge in [0.2, 0.25) is 5.89 Å². The Balaban J connectivity index is 1.75. The predicted octanol–water partition coefficient (Wildman–Crippen LogP) is 5.69. The third-order valence-corrected chi connectivity index (χ3v) is 5.27. The zero-order valence-electron chi connectivity index (χ0n) is 13.1. The molecule has 7 heteroatoms. The van der Waals surface area contributed by atoms with Crippen molar-refractivity contribution in [2.75, 3.05) is 13.1 Å². The highest BCUT2D eigenvalue weighted by atomic mass is 35.5.